The van der Waals surface area contributed by atoms with E-state index >= 15 is 0 Å². The van der Waals surface area contributed by atoms with Gasteiger partial charge in [0.05, 0.1) is 0 Å². The van der Waals surface area contributed by atoms with Crippen molar-refractivity contribution in [3.8, 4) is 11.1 Å². The molecular weight excluding hydrogens is 725 g/mol. The number of allylic oxidation sites excluding steroid dienone is 4. The maximum atomic E-state index is 8.72. The van der Waals surface area contributed by atoms with Gasteiger partial charge in [-0.15, -0.1) is 0 Å². The predicted octanol–water partition coefficient (Wildman–Crippen LogP) is 13.5. The Bertz CT molecular complexity index is 1900. The van der Waals surface area contributed by atoms with Crippen LogP contribution in [-0.2, 0) is 26.7 Å². The summed E-state index contributed by atoms with van der Waals surface area (Å²) >= 11 is 7.92. The van der Waals surface area contributed by atoms with Gasteiger partial charge in [-0.2, -0.15) is 0 Å². The zero-order valence-electron chi connectivity index (χ0n) is 27.9. The molecule has 0 unspecified atom stereocenters. The van der Waals surface area contributed by atoms with Crippen LogP contribution < -0.4 is 0 Å². The maximum absolute atomic E-state index is 8.72. The number of hydrogen-bond donors (Lipinski definition) is 0. The average molecular weight is 768 g/mol. The molecule has 4 aromatic rings. The molecule has 5 heteroatoms. The van der Waals surface area contributed by atoms with Crippen LogP contribution in [0.2, 0.25) is 13.7 Å². The first-order valence-corrected chi connectivity index (χ1v) is 27.2. The number of aryl methyl sites for hydroxylation is 2. The van der Waals surface area contributed by atoms with Gasteiger partial charge in [-0.05, 0) is 0 Å². The number of halogens is 4. The molecule has 0 fully saturated rings. The van der Waals surface area contributed by atoms with E-state index in [1.54, 1.807) is 0 Å². The van der Waals surface area contributed by atoms with Gasteiger partial charge < -0.3 is 0 Å². The molecule has 0 aromatic heterocycles. The molecule has 6 rings (SSSR count). The second kappa shape index (κ2) is 11.7. The zero-order chi connectivity index (χ0) is 33.4. The first kappa shape index (κ1) is 34.1. The molecule has 0 N–H and O–H groups in total. The molecule has 0 bridgehead atoms. The Balaban J connectivity index is 1.87. The first-order chi connectivity index (χ1) is 21.4. The normalized spacial score (nSPS) is 15.4. The Hall–Kier alpha value is -1.73. The molecule has 0 atom stereocenters. The predicted molar refractivity (Wildman–Crippen MR) is 200 cm³/mol. The number of fused-ring (bicyclic) bond motifs is 3. The fraction of sp³-hybridized carbons (Fsp3) is 0.293. The van der Waals surface area contributed by atoms with Crippen LogP contribution in [-0.4, -0.2) is 3.21 Å². The number of hydrogen-bond acceptors (Lipinski definition) is 0. The molecule has 4 aromatic carbocycles. The summed E-state index contributed by atoms with van der Waals surface area (Å²) in [5.74, 6) is 0. The van der Waals surface area contributed by atoms with Gasteiger partial charge in [0.15, 0.2) is 0 Å². The van der Waals surface area contributed by atoms with Crippen molar-refractivity contribution in [2.75, 3.05) is 0 Å². The van der Waals surface area contributed by atoms with Crippen LogP contribution in [0.3, 0.4) is 0 Å². The van der Waals surface area contributed by atoms with Crippen molar-refractivity contribution in [1.82, 2.24) is 0 Å². The van der Waals surface area contributed by atoms with E-state index in [4.69, 9.17) is 40.2 Å². The number of benzene rings is 4. The summed E-state index contributed by atoms with van der Waals surface area (Å²) in [4.78, 5) is 0. The molecule has 238 valence electrons. The summed E-state index contributed by atoms with van der Waals surface area (Å²) in [5.41, 5.74) is 12.0. The third-order valence-electron chi connectivity index (χ3n) is 9.91. The second-order valence-corrected chi connectivity index (χ2v) is 36.9. The standard InChI is InChI=1S/C23H29.C13H8Cl2.C5H5.2ClH.Zr/c1-14-9-16-11-17-10-15(2)21(23(6,7)8)13-19(17)18(16)12-20(14)22(3,4)5;14-12-5-1-3-10(8-12)7-11-4-2-6-13(15)9-11;1-2-4-5-3-1;;;/h9-13H,1-8H3;1-6,8-9H;1-5H;2*1H;/q;;;;;+2/p-2. The van der Waals surface area contributed by atoms with Gasteiger partial charge in [0.2, 0.25) is 0 Å². The Morgan fingerprint density at radius 2 is 1.02 bits per heavy atom. The van der Waals surface area contributed by atoms with Gasteiger partial charge >= 0.3 is 296 Å². The SMILES string of the molecule is Cc1cc2c(cc1C(C)(C)C)-c1cc(C(C)(C)C)c(C)cc1[CH]2[Zr]([Cl])([Cl])(=[C](c1cccc(Cl)c1)c1cccc(Cl)c1)[CH]1C=CC=C1. The fourth-order valence-corrected chi connectivity index (χ4v) is 27.7. The van der Waals surface area contributed by atoms with E-state index in [0.29, 0.717) is 10.0 Å². The molecule has 0 nitrogen and oxygen atoms in total. The van der Waals surface area contributed by atoms with Crippen molar-refractivity contribution in [2.24, 2.45) is 0 Å². The van der Waals surface area contributed by atoms with E-state index in [2.05, 4.69) is 116 Å². The van der Waals surface area contributed by atoms with Gasteiger partial charge in [-0.1, -0.05) is 0 Å². The molecule has 2 aliphatic carbocycles. The molecular formula is C41H42Cl4Zr. The molecule has 0 amide bonds. The summed E-state index contributed by atoms with van der Waals surface area (Å²) in [6.45, 7) is 18.2. The number of rotatable bonds is 4. The Labute approximate surface area is 293 Å². The van der Waals surface area contributed by atoms with Gasteiger partial charge in [-0.25, -0.2) is 0 Å². The minimum absolute atomic E-state index is 0.0232. The van der Waals surface area contributed by atoms with Crippen molar-refractivity contribution in [3.63, 3.8) is 0 Å². The summed E-state index contributed by atoms with van der Waals surface area (Å²) in [7, 11) is 17.4. The average Bonchev–Trinajstić information content (AvgIpc) is 3.59. The Morgan fingerprint density at radius 3 is 1.39 bits per heavy atom. The van der Waals surface area contributed by atoms with Crippen molar-refractivity contribution in [3.05, 3.63) is 152 Å². The van der Waals surface area contributed by atoms with Crippen LogP contribution in [0.5, 0.6) is 0 Å². The fourth-order valence-electron chi connectivity index (χ4n) is 8.05. The zero-order valence-corrected chi connectivity index (χ0v) is 33.4. The second-order valence-electron chi connectivity index (χ2n) is 15.3. The van der Waals surface area contributed by atoms with Crippen molar-refractivity contribution < 1.29 is 15.9 Å². The van der Waals surface area contributed by atoms with E-state index < -0.39 is 15.9 Å². The third-order valence-corrected chi connectivity index (χ3v) is 30.0. The van der Waals surface area contributed by atoms with E-state index in [0.717, 1.165) is 14.3 Å². The Morgan fingerprint density at radius 1 is 0.609 bits per heavy atom. The van der Waals surface area contributed by atoms with Crippen molar-refractivity contribution in [1.29, 1.82) is 0 Å². The van der Waals surface area contributed by atoms with Crippen LogP contribution in [0.25, 0.3) is 11.1 Å². The van der Waals surface area contributed by atoms with Gasteiger partial charge in [0, 0.05) is 0 Å². The summed E-state index contributed by atoms with van der Waals surface area (Å²) < 4.78 is 0.599. The van der Waals surface area contributed by atoms with Crippen molar-refractivity contribution in [2.45, 2.75) is 73.5 Å². The molecule has 0 radical (unpaired) electrons. The molecule has 46 heavy (non-hydrogen) atoms. The van der Waals surface area contributed by atoms with Crippen LogP contribution >= 0.6 is 40.2 Å². The molecule has 2 aliphatic rings. The Kier molecular flexibility index (Phi) is 8.69. The monoisotopic (exact) mass is 764 g/mol. The third kappa shape index (κ3) is 5.61. The van der Waals surface area contributed by atoms with Crippen LogP contribution in [0.4, 0.5) is 0 Å². The van der Waals surface area contributed by atoms with Gasteiger partial charge in [0.25, 0.3) is 0 Å². The molecule has 0 heterocycles. The molecule has 0 spiro atoms. The summed E-state index contributed by atoms with van der Waals surface area (Å²) in [5, 5.41) is 1.28. The summed E-state index contributed by atoms with van der Waals surface area (Å²) in [6, 6.07) is 25.6. The van der Waals surface area contributed by atoms with Crippen LogP contribution in [0.1, 0.15) is 89.7 Å². The topological polar surface area (TPSA) is 0 Å². The van der Waals surface area contributed by atoms with E-state index in [9.17, 15) is 0 Å². The van der Waals surface area contributed by atoms with Gasteiger partial charge in [-0.3, -0.25) is 0 Å². The van der Waals surface area contributed by atoms with Gasteiger partial charge in [0.1, 0.15) is 0 Å². The van der Waals surface area contributed by atoms with Crippen LogP contribution in [0.15, 0.2) is 97.1 Å². The van der Waals surface area contributed by atoms with E-state index in [1.807, 2.05) is 36.4 Å². The van der Waals surface area contributed by atoms with E-state index in [-0.39, 0.29) is 18.1 Å². The molecule has 0 saturated heterocycles. The molecule has 0 aliphatic heterocycles. The summed E-state index contributed by atoms with van der Waals surface area (Å²) in [6.07, 6.45) is 8.61. The minimum atomic E-state index is -5.52. The first-order valence-electron chi connectivity index (χ1n) is 16.0. The van der Waals surface area contributed by atoms with E-state index in [1.165, 1.54) is 44.5 Å². The molecule has 0 saturated carbocycles. The van der Waals surface area contributed by atoms with Crippen molar-refractivity contribution >= 4 is 43.4 Å². The van der Waals surface area contributed by atoms with Crippen LogP contribution in [0, 0.1) is 13.8 Å². The quantitative estimate of drug-likeness (QED) is 0.194.